The van der Waals surface area contributed by atoms with E-state index in [-0.39, 0.29) is 22.4 Å². The number of nitro groups is 1. The molecule has 9 heteroatoms. The van der Waals surface area contributed by atoms with Crippen LogP contribution in [-0.4, -0.2) is 22.5 Å². The first-order valence-electron chi connectivity index (χ1n) is 5.97. The van der Waals surface area contributed by atoms with E-state index in [2.05, 4.69) is 16.0 Å². The summed E-state index contributed by atoms with van der Waals surface area (Å²) in [6.45, 7) is 5.39. The van der Waals surface area contributed by atoms with Crippen molar-refractivity contribution >= 4 is 35.0 Å². The minimum absolute atomic E-state index is 0.00415. The molecule has 0 aliphatic carbocycles. The van der Waals surface area contributed by atoms with Crippen LogP contribution in [0.2, 0.25) is 5.02 Å². The first kappa shape index (κ1) is 16.7. The molecule has 0 unspecified atom stereocenters. The number of nitrogens with one attached hydrogen (secondary N) is 4. The molecule has 114 valence electrons. The van der Waals surface area contributed by atoms with Gasteiger partial charge in [0.1, 0.15) is 5.02 Å². The summed E-state index contributed by atoms with van der Waals surface area (Å²) in [5, 5.41) is 25.8. The van der Waals surface area contributed by atoms with Crippen LogP contribution in [0.1, 0.15) is 20.8 Å². The lowest BCUT2D eigenvalue weighted by Gasteiger charge is -2.21. The number of halogens is 1. The molecule has 0 saturated carbocycles. The van der Waals surface area contributed by atoms with Crippen molar-refractivity contribution in [2.24, 2.45) is 0 Å². The van der Waals surface area contributed by atoms with Gasteiger partial charge in [0.2, 0.25) is 5.96 Å². The van der Waals surface area contributed by atoms with E-state index in [1.807, 2.05) is 0 Å². The van der Waals surface area contributed by atoms with Crippen LogP contribution in [0.5, 0.6) is 0 Å². The van der Waals surface area contributed by atoms with E-state index in [0.29, 0.717) is 0 Å². The van der Waals surface area contributed by atoms with Crippen molar-refractivity contribution in [1.82, 2.24) is 10.6 Å². The van der Waals surface area contributed by atoms with Gasteiger partial charge in [0, 0.05) is 17.3 Å². The number of urea groups is 1. The molecule has 0 fully saturated rings. The summed E-state index contributed by atoms with van der Waals surface area (Å²) in [6.07, 6.45) is 0. The number of guanidine groups is 1. The van der Waals surface area contributed by atoms with Crippen molar-refractivity contribution in [2.75, 3.05) is 5.32 Å². The quantitative estimate of drug-likeness (QED) is 0.290. The molecule has 0 atom stereocenters. The maximum Gasteiger partial charge on any atom is 0.321 e. The fourth-order valence-corrected chi connectivity index (χ4v) is 1.58. The Morgan fingerprint density at radius 1 is 1.38 bits per heavy atom. The van der Waals surface area contributed by atoms with Gasteiger partial charge >= 0.3 is 6.03 Å². The third-order valence-electron chi connectivity index (χ3n) is 2.14. The van der Waals surface area contributed by atoms with Crippen LogP contribution >= 0.6 is 11.6 Å². The summed E-state index contributed by atoms with van der Waals surface area (Å²) >= 11 is 5.68. The van der Waals surface area contributed by atoms with Gasteiger partial charge in [-0.25, -0.2) is 4.79 Å². The smallest absolute Gasteiger partial charge is 0.321 e. The van der Waals surface area contributed by atoms with E-state index in [0.717, 1.165) is 0 Å². The van der Waals surface area contributed by atoms with Gasteiger partial charge in [0.25, 0.3) is 5.69 Å². The monoisotopic (exact) mass is 313 g/mol. The summed E-state index contributed by atoms with van der Waals surface area (Å²) in [5.41, 5.74) is -0.454. The maximum atomic E-state index is 11.6. The third kappa shape index (κ3) is 5.65. The lowest BCUT2D eigenvalue weighted by molar-refractivity contribution is -0.384. The Bertz CT molecular complexity index is 583. The molecule has 0 aliphatic heterocycles. The summed E-state index contributed by atoms with van der Waals surface area (Å²) in [7, 11) is 0. The Kier molecular flexibility index (Phi) is 5.09. The SMILES string of the molecule is CC(C)(C)NC(=O)NC(=N)Nc1ccc(Cl)c([N+](=O)[O-])c1. The number of rotatable bonds is 2. The van der Waals surface area contributed by atoms with Gasteiger partial charge < -0.3 is 10.6 Å². The van der Waals surface area contributed by atoms with Crippen LogP contribution in [0.4, 0.5) is 16.2 Å². The molecular formula is C12H16ClN5O3. The number of nitrogens with zero attached hydrogens (tertiary/aromatic N) is 1. The molecule has 4 N–H and O–H groups in total. The summed E-state index contributed by atoms with van der Waals surface area (Å²) in [6, 6.07) is 3.43. The molecular weight excluding hydrogens is 298 g/mol. The highest BCUT2D eigenvalue weighted by molar-refractivity contribution is 6.32. The topological polar surface area (TPSA) is 120 Å². The number of anilines is 1. The number of carbonyl (C=O) groups excluding carboxylic acids is 1. The Hall–Kier alpha value is -2.35. The fraction of sp³-hybridized carbons (Fsp3) is 0.333. The van der Waals surface area contributed by atoms with E-state index in [9.17, 15) is 14.9 Å². The zero-order chi connectivity index (χ0) is 16.2. The molecule has 0 bridgehead atoms. The highest BCUT2D eigenvalue weighted by Crippen LogP contribution is 2.27. The van der Waals surface area contributed by atoms with Crippen molar-refractivity contribution in [3.05, 3.63) is 33.3 Å². The van der Waals surface area contributed by atoms with Crippen molar-refractivity contribution in [3.63, 3.8) is 0 Å². The highest BCUT2D eigenvalue weighted by atomic mass is 35.5. The molecule has 0 saturated heterocycles. The molecule has 8 nitrogen and oxygen atoms in total. The predicted octanol–water partition coefficient (Wildman–Crippen LogP) is 2.69. The predicted molar refractivity (Wildman–Crippen MR) is 80.9 cm³/mol. The molecule has 0 radical (unpaired) electrons. The molecule has 0 aliphatic rings. The number of carbonyl (C=O) groups is 1. The van der Waals surface area contributed by atoms with Crippen LogP contribution in [0.3, 0.4) is 0 Å². The number of amides is 2. The molecule has 21 heavy (non-hydrogen) atoms. The van der Waals surface area contributed by atoms with Crippen LogP contribution in [0.25, 0.3) is 0 Å². The second kappa shape index (κ2) is 6.40. The Morgan fingerprint density at radius 2 is 2.00 bits per heavy atom. The van der Waals surface area contributed by atoms with Gasteiger partial charge in [-0.15, -0.1) is 0 Å². The number of benzene rings is 1. The average molecular weight is 314 g/mol. The van der Waals surface area contributed by atoms with Gasteiger partial charge in [-0.1, -0.05) is 11.6 Å². The standard InChI is InChI=1S/C12H16ClN5O3/c1-12(2,3)17-11(19)16-10(14)15-7-4-5-8(13)9(6-7)18(20)21/h4-6H,1-3H3,(H4,14,15,16,17,19). The van der Waals surface area contributed by atoms with Crippen LogP contribution < -0.4 is 16.0 Å². The zero-order valence-corrected chi connectivity index (χ0v) is 12.5. The maximum absolute atomic E-state index is 11.6. The molecule has 0 heterocycles. The van der Waals surface area contributed by atoms with Crippen LogP contribution in [0.15, 0.2) is 18.2 Å². The van der Waals surface area contributed by atoms with Gasteiger partial charge in [0.05, 0.1) is 4.92 Å². The normalized spacial score (nSPS) is 10.7. The lowest BCUT2D eigenvalue weighted by atomic mass is 10.1. The zero-order valence-electron chi connectivity index (χ0n) is 11.8. The van der Waals surface area contributed by atoms with Gasteiger partial charge in [0.15, 0.2) is 0 Å². The molecule has 0 spiro atoms. The number of nitro benzene ring substituents is 1. The lowest BCUT2D eigenvalue weighted by Crippen LogP contribution is -2.49. The summed E-state index contributed by atoms with van der Waals surface area (Å²) < 4.78 is 0. The second-order valence-electron chi connectivity index (χ2n) is 5.25. The third-order valence-corrected chi connectivity index (χ3v) is 2.46. The molecule has 1 rings (SSSR count). The summed E-state index contributed by atoms with van der Waals surface area (Å²) in [5.74, 6) is -0.312. The van der Waals surface area contributed by atoms with Crippen LogP contribution in [0, 0.1) is 15.5 Å². The van der Waals surface area contributed by atoms with Crippen molar-refractivity contribution in [1.29, 1.82) is 5.41 Å². The van der Waals surface area contributed by atoms with Crippen molar-refractivity contribution < 1.29 is 9.72 Å². The van der Waals surface area contributed by atoms with E-state index >= 15 is 0 Å². The fourth-order valence-electron chi connectivity index (χ4n) is 1.39. The van der Waals surface area contributed by atoms with E-state index in [1.165, 1.54) is 18.2 Å². The Labute approximate surface area is 126 Å². The van der Waals surface area contributed by atoms with Crippen molar-refractivity contribution in [3.8, 4) is 0 Å². The number of hydrogen-bond acceptors (Lipinski definition) is 4. The summed E-state index contributed by atoms with van der Waals surface area (Å²) in [4.78, 5) is 21.7. The second-order valence-corrected chi connectivity index (χ2v) is 5.66. The van der Waals surface area contributed by atoms with E-state index in [4.69, 9.17) is 17.0 Å². The molecule has 1 aromatic rings. The average Bonchev–Trinajstić information content (AvgIpc) is 2.28. The minimum Gasteiger partial charge on any atom is -0.333 e. The molecule has 1 aromatic carbocycles. The van der Waals surface area contributed by atoms with E-state index in [1.54, 1.807) is 20.8 Å². The number of hydrogen-bond donors (Lipinski definition) is 4. The minimum atomic E-state index is -0.628. The van der Waals surface area contributed by atoms with E-state index < -0.39 is 16.5 Å². The Morgan fingerprint density at radius 3 is 2.52 bits per heavy atom. The molecule has 0 aromatic heterocycles. The van der Waals surface area contributed by atoms with Crippen LogP contribution in [-0.2, 0) is 0 Å². The first-order chi connectivity index (χ1) is 9.58. The largest absolute Gasteiger partial charge is 0.333 e. The van der Waals surface area contributed by atoms with Crippen molar-refractivity contribution in [2.45, 2.75) is 26.3 Å². The molecule has 2 amide bonds. The Balaban J connectivity index is 2.69. The highest BCUT2D eigenvalue weighted by Gasteiger charge is 2.16. The first-order valence-corrected chi connectivity index (χ1v) is 6.35. The van der Waals surface area contributed by atoms with Gasteiger partial charge in [-0.3, -0.25) is 20.8 Å². The van der Waals surface area contributed by atoms with Gasteiger partial charge in [-0.2, -0.15) is 0 Å². The van der Waals surface area contributed by atoms with Gasteiger partial charge in [-0.05, 0) is 32.9 Å².